The van der Waals surface area contributed by atoms with E-state index in [2.05, 4.69) is 26.2 Å². The van der Waals surface area contributed by atoms with Crippen molar-refractivity contribution in [1.82, 2.24) is 10.3 Å². The average Bonchev–Trinajstić information content (AvgIpc) is 2.05. The van der Waals surface area contributed by atoms with Gasteiger partial charge in [0.2, 0.25) is 0 Å². The molecule has 1 saturated heterocycles. The molecule has 0 amide bonds. The van der Waals surface area contributed by atoms with Crippen molar-refractivity contribution in [1.29, 1.82) is 0 Å². The maximum atomic E-state index is 5.25. The minimum atomic E-state index is 0.378. The number of halogens is 1. The standard InChI is InChI=1S/C9H11BrN2O/c1-13-8-4-6(10)5-12-9(8)7-2-3-11-7/h4-5,7,11H,2-3H2,1H3/t7-/m1/s1. The van der Waals surface area contributed by atoms with Gasteiger partial charge in [-0.1, -0.05) is 0 Å². The summed E-state index contributed by atoms with van der Waals surface area (Å²) in [5.41, 5.74) is 1.01. The number of methoxy groups -OCH3 is 1. The molecule has 13 heavy (non-hydrogen) atoms. The Morgan fingerprint density at radius 3 is 3.00 bits per heavy atom. The minimum absolute atomic E-state index is 0.378. The van der Waals surface area contributed by atoms with Crippen LogP contribution < -0.4 is 10.1 Å². The maximum Gasteiger partial charge on any atom is 0.143 e. The largest absolute Gasteiger partial charge is 0.495 e. The van der Waals surface area contributed by atoms with E-state index < -0.39 is 0 Å². The zero-order valence-electron chi connectivity index (χ0n) is 7.38. The number of nitrogens with zero attached hydrogens (tertiary/aromatic N) is 1. The van der Waals surface area contributed by atoms with Crippen LogP contribution in [-0.2, 0) is 0 Å². The van der Waals surface area contributed by atoms with Crippen LogP contribution in [0.3, 0.4) is 0 Å². The molecule has 2 heterocycles. The average molecular weight is 243 g/mol. The number of aromatic nitrogens is 1. The minimum Gasteiger partial charge on any atom is -0.495 e. The first-order valence-corrected chi connectivity index (χ1v) is 5.03. The van der Waals surface area contributed by atoms with Crippen LogP contribution in [-0.4, -0.2) is 18.6 Å². The van der Waals surface area contributed by atoms with Gasteiger partial charge in [0.25, 0.3) is 0 Å². The third kappa shape index (κ3) is 1.69. The molecular formula is C9H11BrN2O. The smallest absolute Gasteiger partial charge is 0.143 e. The van der Waals surface area contributed by atoms with Gasteiger partial charge in [-0.05, 0) is 35.0 Å². The van der Waals surface area contributed by atoms with Gasteiger partial charge in [0, 0.05) is 10.7 Å². The molecule has 0 aromatic carbocycles. The fourth-order valence-corrected chi connectivity index (χ4v) is 1.69. The summed E-state index contributed by atoms with van der Waals surface area (Å²) in [6, 6.07) is 2.32. The van der Waals surface area contributed by atoms with E-state index in [-0.39, 0.29) is 0 Å². The van der Waals surface area contributed by atoms with Crippen LogP contribution in [0, 0.1) is 0 Å². The summed E-state index contributed by atoms with van der Waals surface area (Å²) in [5, 5.41) is 3.30. The molecule has 0 saturated carbocycles. The van der Waals surface area contributed by atoms with Crippen LogP contribution in [0.25, 0.3) is 0 Å². The molecule has 1 fully saturated rings. The first-order chi connectivity index (χ1) is 6.31. The number of rotatable bonds is 2. The van der Waals surface area contributed by atoms with Crippen molar-refractivity contribution in [2.24, 2.45) is 0 Å². The van der Waals surface area contributed by atoms with E-state index in [4.69, 9.17) is 4.74 Å². The summed E-state index contributed by atoms with van der Waals surface area (Å²) in [4.78, 5) is 4.34. The number of pyridine rings is 1. The summed E-state index contributed by atoms with van der Waals surface area (Å²) in [6.45, 7) is 1.07. The van der Waals surface area contributed by atoms with Gasteiger partial charge in [-0.3, -0.25) is 4.98 Å². The van der Waals surface area contributed by atoms with E-state index in [1.165, 1.54) is 0 Å². The van der Waals surface area contributed by atoms with E-state index in [1.807, 2.05) is 6.07 Å². The van der Waals surface area contributed by atoms with Gasteiger partial charge in [-0.25, -0.2) is 0 Å². The van der Waals surface area contributed by atoms with Crippen LogP contribution >= 0.6 is 15.9 Å². The number of nitrogens with one attached hydrogen (secondary N) is 1. The normalized spacial score (nSPS) is 20.9. The topological polar surface area (TPSA) is 34.1 Å². The molecule has 0 bridgehead atoms. The predicted molar refractivity (Wildman–Crippen MR) is 53.8 cm³/mol. The van der Waals surface area contributed by atoms with Gasteiger partial charge in [0.15, 0.2) is 0 Å². The molecule has 1 aromatic rings. The number of ether oxygens (including phenoxy) is 1. The molecule has 0 aliphatic carbocycles. The Kier molecular flexibility index (Phi) is 2.51. The number of hydrogen-bond donors (Lipinski definition) is 1. The Hall–Kier alpha value is -0.610. The zero-order chi connectivity index (χ0) is 9.26. The molecule has 0 radical (unpaired) electrons. The third-order valence-electron chi connectivity index (χ3n) is 2.22. The molecule has 0 spiro atoms. The van der Waals surface area contributed by atoms with E-state index in [1.54, 1.807) is 13.3 Å². The molecule has 1 aliphatic rings. The van der Waals surface area contributed by atoms with Crippen LogP contribution in [0.5, 0.6) is 5.75 Å². The molecule has 1 N–H and O–H groups in total. The van der Waals surface area contributed by atoms with Crippen LogP contribution in [0.15, 0.2) is 16.7 Å². The van der Waals surface area contributed by atoms with Crippen molar-refractivity contribution in [3.63, 3.8) is 0 Å². The molecule has 4 heteroatoms. The van der Waals surface area contributed by atoms with Gasteiger partial charge in [-0.15, -0.1) is 0 Å². The molecule has 1 atom stereocenters. The van der Waals surface area contributed by atoms with Crippen molar-refractivity contribution >= 4 is 15.9 Å². The fourth-order valence-electron chi connectivity index (χ4n) is 1.38. The molecule has 70 valence electrons. The van der Waals surface area contributed by atoms with E-state index >= 15 is 0 Å². The molecule has 0 unspecified atom stereocenters. The Bertz CT molecular complexity index is 312. The quantitative estimate of drug-likeness (QED) is 0.861. The highest BCUT2D eigenvalue weighted by Crippen LogP contribution is 2.30. The van der Waals surface area contributed by atoms with Gasteiger partial charge in [-0.2, -0.15) is 0 Å². The highest BCUT2D eigenvalue weighted by atomic mass is 79.9. The summed E-state index contributed by atoms with van der Waals surface area (Å²) in [5.74, 6) is 0.853. The van der Waals surface area contributed by atoms with E-state index in [0.29, 0.717) is 6.04 Å². The van der Waals surface area contributed by atoms with E-state index in [9.17, 15) is 0 Å². The second-order valence-corrected chi connectivity index (χ2v) is 3.95. The Morgan fingerprint density at radius 2 is 2.46 bits per heavy atom. The van der Waals surface area contributed by atoms with Crippen molar-refractivity contribution in [2.45, 2.75) is 12.5 Å². The second-order valence-electron chi connectivity index (χ2n) is 3.04. The first-order valence-electron chi connectivity index (χ1n) is 4.24. The van der Waals surface area contributed by atoms with Crippen molar-refractivity contribution in [3.05, 3.63) is 22.4 Å². The van der Waals surface area contributed by atoms with Crippen LogP contribution in [0.2, 0.25) is 0 Å². The number of hydrogen-bond acceptors (Lipinski definition) is 3. The van der Waals surface area contributed by atoms with Crippen LogP contribution in [0.4, 0.5) is 0 Å². The lowest BCUT2D eigenvalue weighted by molar-refractivity contribution is 0.344. The molecule has 2 rings (SSSR count). The third-order valence-corrected chi connectivity index (χ3v) is 2.66. The Morgan fingerprint density at radius 1 is 1.69 bits per heavy atom. The Balaban J connectivity index is 2.32. The van der Waals surface area contributed by atoms with Gasteiger partial charge in [0.05, 0.1) is 18.8 Å². The zero-order valence-corrected chi connectivity index (χ0v) is 8.97. The van der Waals surface area contributed by atoms with Crippen molar-refractivity contribution < 1.29 is 4.74 Å². The lowest BCUT2D eigenvalue weighted by Crippen LogP contribution is -2.35. The summed E-state index contributed by atoms with van der Waals surface area (Å²) >= 11 is 3.36. The van der Waals surface area contributed by atoms with Gasteiger partial charge < -0.3 is 10.1 Å². The summed E-state index contributed by atoms with van der Waals surface area (Å²) in [6.07, 6.45) is 2.95. The second kappa shape index (κ2) is 3.64. The SMILES string of the molecule is COc1cc(Br)cnc1[C@H]1CCN1. The van der Waals surface area contributed by atoms with Crippen LogP contribution in [0.1, 0.15) is 18.2 Å². The highest BCUT2D eigenvalue weighted by molar-refractivity contribution is 9.10. The highest BCUT2D eigenvalue weighted by Gasteiger charge is 2.23. The fraction of sp³-hybridized carbons (Fsp3) is 0.444. The molecular weight excluding hydrogens is 232 g/mol. The molecule has 1 aliphatic heterocycles. The molecule has 3 nitrogen and oxygen atoms in total. The monoisotopic (exact) mass is 242 g/mol. The van der Waals surface area contributed by atoms with Crippen molar-refractivity contribution in [2.75, 3.05) is 13.7 Å². The maximum absolute atomic E-state index is 5.25. The van der Waals surface area contributed by atoms with Gasteiger partial charge >= 0.3 is 0 Å². The van der Waals surface area contributed by atoms with E-state index in [0.717, 1.165) is 28.9 Å². The first kappa shape index (κ1) is 8.97. The molecule has 1 aromatic heterocycles. The van der Waals surface area contributed by atoms with Crippen molar-refractivity contribution in [3.8, 4) is 5.75 Å². The lowest BCUT2D eigenvalue weighted by Gasteiger charge is -2.28. The lowest BCUT2D eigenvalue weighted by atomic mass is 10.0. The predicted octanol–water partition coefficient (Wildman–Crippen LogP) is 1.89. The summed E-state index contributed by atoms with van der Waals surface area (Å²) < 4.78 is 6.20. The summed E-state index contributed by atoms with van der Waals surface area (Å²) in [7, 11) is 1.67. The van der Waals surface area contributed by atoms with Gasteiger partial charge in [0.1, 0.15) is 5.75 Å². The Labute approximate surface area is 85.6 Å².